The van der Waals surface area contributed by atoms with Gasteiger partial charge in [-0.15, -0.1) is 0 Å². The fraction of sp³-hybridized carbons (Fsp3) is 0.550. The van der Waals surface area contributed by atoms with Gasteiger partial charge in [0.2, 0.25) is 5.91 Å². The van der Waals surface area contributed by atoms with Gasteiger partial charge in [-0.05, 0) is 39.3 Å². The van der Waals surface area contributed by atoms with Crippen molar-refractivity contribution < 1.29 is 24.0 Å². The van der Waals surface area contributed by atoms with E-state index < -0.39 is 5.60 Å². The van der Waals surface area contributed by atoms with E-state index in [0.717, 1.165) is 10.5 Å². The molecule has 0 radical (unpaired) electrons. The molecule has 1 N–H and O–H groups in total. The molecule has 2 saturated heterocycles. The van der Waals surface area contributed by atoms with Crippen LogP contribution in [0, 0.1) is 6.92 Å². The van der Waals surface area contributed by atoms with E-state index in [-0.39, 0.29) is 30.4 Å². The number of para-hydroxylation sites is 1. The molecule has 27 heavy (non-hydrogen) atoms. The average Bonchev–Trinajstić information content (AvgIpc) is 2.89. The maximum Gasteiger partial charge on any atom is 0.410 e. The van der Waals surface area contributed by atoms with Gasteiger partial charge in [0, 0.05) is 0 Å². The third kappa shape index (κ3) is 4.13. The normalized spacial score (nSPS) is 21.7. The van der Waals surface area contributed by atoms with Crippen molar-refractivity contribution in [3.05, 3.63) is 29.8 Å². The molecule has 2 fully saturated rings. The molecule has 146 valence electrons. The number of anilines is 1. The lowest BCUT2D eigenvalue weighted by Crippen LogP contribution is -3.19. The molecule has 1 atom stereocenters. The highest BCUT2D eigenvalue weighted by Gasteiger charge is 2.47. The molecule has 1 aromatic rings. The number of piperazine rings is 1. The van der Waals surface area contributed by atoms with Gasteiger partial charge < -0.3 is 9.64 Å². The zero-order chi connectivity index (χ0) is 19.8. The van der Waals surface area contributed by atoms with E-state index >= 15 is 0 Å². The molecule has 0 saturated carbocycles. The van der Waals surface area contributed by atoms with E-state index in [1.807, 2.05) is 52.0 Å². The topological polar surface area (TPSA) is 71.4 Å². The quantitative estimate of drug-likeness (QED) is 0.776. The third-order valence-corrected chi connectivity index (χ3v) is 5.05. The summed E-state index contributed by atoms with van der Waals surface area (Å²) in [6.07, 6.45) is -0.105. The number of nitrogens with one attached hydrogen (secondary N) is 1. The SMILES string of the molecule is Cc1ccccc1N1C(=O)C[C@H]([NH+]2CCN(C(=O)OC(C)(C)C)CC2)C1=O. The predicted molar refractivity (Wildman–Crippen MR) is 101 cm³/mol. The maximum absolute atomic E-state index is 12.9. The van der Waals surface area contributed by atoms with Crippen LogP contribution in [0.25, 0.3) is 0 Å². The Morgan fingerprint density at radius 1 is 1.15 bits per heavy atom. The summed E-state index contributed by atoms with van der Waals surface area (Å²) in [5, 5.41) is 0. The molecule has 3 rings (SSSR count). The summed E-state index contributed by atoms with van der Waals surface area (Å²) in [5.74, 6) is -0.295. The minimum atomic E-state index is -0.525. The third-order valence-electron chi connectivity index (χ3n) is 5.05. The van der Waals surface area contributed by atoms with Gasteiger partial charge in [0.25, 0.3) is 5.91 Å². The van der Waals surface area contributed by atoms with Crippen LogP contribution in [0.4, 0.5) is 10.5 Å². The van der Waals surface area contributed by atoms with Gasteiger partial charge >= 0.3 is 6.09 Å². The van der Waals surface area contributed by atoms with Crippen molar-refractivity contribution in [2.45, 2.75) is 45.8 Å². The first kappa shape index (κ1) is 19.4. The van der Waals surface area contributed by atoms with E-state index in [1.165, 1.54) is 4.90 Å². The Kier molecular flexibility index (Phi) is 5.24. The van der Waals surface area contributed by atoms with Crippen LogP contribution in [0.2, 0.25) is 0 Å². The van der Waals surface area contributed by atoms with Crippen LogP contribution in [0.5, 0.6) is 0 Å². The molecule has 7 heteroatoms. The molecule has 2 aliphatic heterocycles. The molecule has 2 heterocycles. The fourth-order valence-corrected chi connectivity index (χ4v) is 3.67. The van der Waals surface area contributed by atoms with Crippen LogP contribution in [-0.2, 0) is 14.3 Å². The van der Waals surface area contributed by atoms with Gasteiger partial charge in [-0.1, -0.05) is 18.2 Å². The number of hydrogen-bond donors (Lipinski definition) is 1. The van der Waals surface area contributed by atoms with Gasteiger partial charge in [0.15, 0.2) is 6.04 Å². The number of hydrogen-bond acceptors (Lipinski definition) is 4. The minimum absolute atomic E-state index is 0.144. The molecule has 0 bridgehead atoms. The maximum atomic E-state index is 12.9. The van der Waals surface area contributed by atoms with Crippen molar-refractivity contribution >= 4 is 23.6 Å². The summed E-state index contributed by atoms with van der Waals surface area (Å²) in [7, 11) is 0. The Hall–Kier alpha value is -2.41. The van der Waals surface area contributed by atoms with Crippen molar-refractivity contribution in [3.8, 4) is 0 Å². The number of aryl methyl sites for hydroxylation is 1. The van der Waals surface area contributed by atoms with Crippen LogP contribution in [0.15, 0.2) is 24.3 Å². The summed E-state index contributed by atoms with van der Waals surface area (Å²) in [5.41, 5.74) is 1.05. The van der Waals surface area contributed by atoms with E-state index in [9.17, 15) is 14.4 Å². The number of ether oxygens (including phenoxy) is 1. The van der Waals surface area contributed by atoms with Crippen LogP contribution in [0.3, 0.4) is 0 Å². The molecule has 0 spiro atoms. The highest BCUT2D eigenvalue weighted by Crippen LogP contribution is 2.25. The second-order valence-electron chi connectivity index (χ2n) is 8.24. The van der Waals surface area contributed by atoms with Gasteiger partial charge in [-0.25, -0.2) is 9.69 Å². The number of rotatable bonds is 2. The van der Waals surface area contributed by atoms with Crippen molar-refractivity contribution in [2.24, 2.45) is 0 Å². The first-order valence-electron chi connectivity index (χ1n) is 9.42. The Balaban J connectivity index is 1.64. The van der Waals surface area contributed by atoms with Crippen LogP contribution < -0.4 is 9.80 Å². The standard InChI is InChI=1S/C20H27N3O4/c1-14-7-5-6-8-15(14)23-17(24)13-16(18(23)25)21-9-11-22(12-10-21)19(26)27-20(2,3)4/h5-8,16H,9-13H2,1-4H3/p+1/t16-/m0/s1. The average molecular weight is 374 g/mol. The summed E-state index contributed by atoms with van der Waals surface area (Å²) >= 11 is 0. The summed E-state index contributed by atoms with van der Waals surface area (Å²) in [6.45, 7) is 9.73. The van der Waals surface area contributed by atoms with Crippen molar-refractivity contribution in [2.75, 3.05) is 31.1 Å². The van der Waals surface area contributed by atoms with Gasteiger partial charge in [-0.2, -0.15) is 0 Å². The number of amides is 3. The van der Waals surface area contributed by atoms with Crippen molar-refractivity contribution in [3.63, 3.8) is 0 Å². The zero-order valence-electron chi connectivity index (χ0n) is 16.4. The Morgan fingerprint density at radius 3 is 2.37 bits per heavy atom. The molecule has 0 aliphatic carbocycles. The Morgan fingerprint density at radius 2 is 1.78 bits per heavy atom. The van der Waals surface area contributed by atoms with Crippen molar-refractivity contribution in [1.82, 2.24) is 4.90 Å². The second kappa shape index (κ2) is 7.31. The van der Waals surface area contributed by atoms with Gasteiger partial charge in [-0.3, -0.25) is 14.5 Å². The first-order valence-corrected chi connectivity index (χ1v) is 9.42. The predicted octanol–water partition coefficient (Wildman–Crippen LogP) is 0.763. The monoisotopic (exact) mass is 374 g/mol. The zero-order valence-corrected chi connectivity index (χ0v) is 16.4. The number of quaternary nitrogens is 1. The number of nitrogens with zero attached hydrogens (tertiary/aromatic N) is 2. The van der Waals surface area contributed by atoms with Gasteiger partial charge in [0.05, 0.1) is 38.3 Å². The lowest BCUT2D eigenvalue weighted by molar-refractivity contribution is -0.918. The summed E-state index contributed by atoms with van der Waals surface area (Å²) in [6, 6.07) is 7.06. The van der Waals surface area contributed by atoms with E-state index in [1.54, 1.807) is 4.90 Å². The molecular formula is C20H28N3O4+. The van der Waals surface area contributed by atoms with Gasteiger partial charge in [0.1, 0.15) is 5.60 Å². The lowest BCUT2D eigenvalue weighted by atomic mass is 10.1. The smallest absolute Gasteiger partial charge is 0.410 e. The Labute approximate surface area is 159 Å². The highest BCUT2D eigenvalue weighted by atomic mass is 16.6. The van der Waals surface area contributed by atoms with E-state index in [4.69, 9.17) is 4.74 Å². The molecular weight excluding hydrogens is 346 g/mol. The second-order valence-corrected chi connectivity index (χ2v) is 8.24. The highest BCUT2D eigenvalue weighted by molar-refractivity contribution is 6.22. The number of carbonyl (C=O) groups is 3. The number of carbonyl (C=O) groups excluding carboxylic acids is 3. The first-order chi connectivity index (χ1) is 12.7. The van der Waals surface area contributed by atoms with E-state index in [2.05, 4.69) is 0 Å². The van der Waals surface area contributed by atoms with Crippen LogP contribution in [0.1, 0.15) is 32.8 Å². The molecule has 0 aromatic heterocycles. The Bertz CT molecular complexity index is 748. The molecule has 1 aromatic carbocycles. The molecule has 3 amide bonds. The summed E-state index contributed by atoms with van der Waals surface area (Å²) in [4.78, 5) is 41.7. The summed E-state index contributed by atoms with van der Waals surface area (Å²) < 4.78 is 5.41. The lowest BCUT2D eigenvalue weighted by Gasteiger charge is -2.35. The van der Waals surface area contributed by atoms with Crippen molar-refractivity contribution in [1.29, 1.82) is 0 Å². The largest absolute Gasteiger partial charge is 0.444 e. The van der Waals surface area contributed by atoms with E-state index in [0.29, 0.717) is 31.9 Å². The number of benzene rings is 1. The number of imide groups is 1. The van der Waals surface area contributed by atoms with Crippen LogP contribution in [-0.4, -0.2) is 60.6 Å². The molecule has 2 aliphatic rings. The molecule has 0 unspecified atom stereocenters. The van der Waals surface area contributed by atoms with Crippen LogP contribution >= 0.6 is 0 Å². The molecule has 7 nitrogen and oxygen atoms in total. The minimum Gasteiger partial charge on any atom is -0.444 e. The fourth-order valence-electron chi connectivity index (χ4n) is 3.67.